The summed E-state index contributed by atoms with van der Waals surface area (Å²) in [6.45, 7) is 6.45. The van der Waals surface area contributed by atoms with E-state index in [1.54, 1.807) is 0 Å². The highest BCUT2D eigenvalue weighted by molar-refractivity contribution is 5.71. The Morgan fingerprint density at radius 3 is 1.02 bits per heavy atom. The number of carbonyl (C=O) groups excluding carboxylic acids is 3. The van der Waals surface area contributed by atoms with Gasteiger partial charge in [-0.2, -0.15) is 0 Å². The molecular weight excluding hydrogens is 745 g/mol. The Morgan fingerprint density at radius 1 is 0.350 bits per heavy atom. The molecule has 0 bridgehead atoms. The van der Waals surface area contributed by atoms with E-state index in [1.807, 2.05) is 0 Å². The first kappa shape index (κ1) is 57.1. The van der Waals surface area contributed by atoms with Crippen LogP contribution in [0.5, 0.6) is 0 Å². The SMILES string of the molecule is CC/C=C\C/C=C\C/C=C\C/C=C\C/C=C\CCCCCCCCCCCCCC(=O)OCC(COC(=O)CCCCCCCCC)OC(=O)CCCCCCCCCC. The van der Waals surface area contributed by atoms with Gasteiger partial charge in [0.1, 0.15) is 13.2 Å². The number of rotatable bonds is 45. The third-order valence-electron chi connectivity index (χ3n) is 10.8. The lowest BCUT2D eigenvalue weighted by atomic mass is 10.0. The molecule has 0 saturated carbocycles. The lowest BCUT2D eigenvalue weighted by molar-refractivity contribution is -0.167. The number of hydrogen-bond donors (Lipinski definition) is 0. The Hall–Kier alpha value is -2.89. The van der Waals surface area contributed by atoms with Gasteiger partial charge in [0.05, 0.1) is 0 Å². The monoisotopic (exact) mass is 839 g/mol. The summed E-state index contributed by atoms with van der Waals surface area (Å²) in [7, 11) is 0. The maximum Gasteiger partial charge on any atom is 0.306 e. The standard InChI is InChI=1S/C54H94O6/c1-4-7-10-13-16-18-19-20-21-22-23-24-25-26-27-28-29-30-31-32-33-34-35-36-39-41-44-47-53(56)59-50-51(49-58-52(55)46-43-40-37-15-12-9-6-3)60-54(57)48-45-42-38-17-14-11-8-5-2/h7,10,16,18,20-21,23-24,26-27,51H,4-6,8-9,11-15,17,19,22,25,28-50H2,1-3H3/b10-7-,18-16-,21-20-,24-23-,27-26-. The van der Waals surface area contributed by atoms with Gasteiger partial charge in [-0.1, -0.05) is 223 Å². The normalized spacial score (nSPS) is 12.5. The predicted molar refractivity (Wildman–Crippen MR) is 256 cm³/mol. The first-order valence-electron chi connectivity index (χ1n) is 25.3. The number of hydrogen-bond acceptors (Lipinski definition) is 6. The van der Waals surface area contributed by atoms with Crippen molar-refractivity contribution in [2.24, 2.45) is 0 Å². The first-order valence-corrected chi connectivity index (χ1v) is 25.3. The molecule has 0 amide bonds. The van der Waals surface area contributed by atoms with Crippen LogP contribution >= 0.6 is 0 Å². The van der Waals surface area contributed by atoms with Crippen LogP contribution in [0.1, 0.15) is 245 Å². The second-order valence-corrected chi connectivity index (χ2v) is 16.7. The van der Waals surface area contributed by atoms with Gasteiger partial charge in [0.25, 0.3) is 0 Å². The van der Waals surface area contributed by atoms with Crippen molar-refractivity contribution in [1.29, 1.82) is 0 Å². The highest BCUT2D eigenvalue weighted by Gasteiger charge is 2.19. The molecule has 0 spiro atoms. The van der Waals surface area contributed by atoms with E-state index in [2.05, 4.69) is 81.5 Å². The van der Waals surface area contributed by atoms with E-state index < -0.39 is 6.10 Å². The van der Waals surface area contributed by atoms with Crippen LogP contribution in [0.2, 0.25) is 0 Å². The predicted octanol–water partition coefficient (Wildman–Crippen LogP) is 16.5. The highest BCUT2D eigenvalue weighted by Crippen LogP contribution is 2.15. The lowest BCUT2D eigenvalue weighted by Crippen LogP contribution is -2.30. The molecule has 1 atom stereocenters. The smallest absolute Gasteiger partial charge is 0.306 e. The Bertz CT molecular complexity index is 1100. The van der Waals surface area contributed by atoms with Gasteiger partial charge >= 0.3 is 17.9 Å². The summed E-state index contributed by atoms with van der Waals surface area (Å²) in [5.41, 5.74) is 0. The van der Waals surface area contributed by atoms with Gasteiger partial charge in [0.15, 0.2) is 6.10 Å². The highest BCUT2D eigenvalue weighted by atomic mass is 16.6. The second-order valence-electron chi connectivity index (χ2n) is 16.7. The Kier molecular flexibility index (Phi) is 46.4. The zero-order chi connectivity index (χ0) is 43.7. The zero-order valence-electron chi connectivity index (χ0n) is 39.5. The molecule has 1 unspecified atom stereocenters. The van der Waals surface area contributed by atoms with Crippen LogP contribution in [0.3, 0.4) is 0 Å². The molecule has 0 aromatic rings. The summed E-state index contributed by atoms with van der Waals surface area (Å²) < 4.78 is 16.6. The average Bonchev–Trinajstić information content (AvgIpc) is 3.24. The van der Waals surface area contributed by atoms with Crippen molar-refractivity contribution in [3.8, 4) is 0 Å². The van der Waals surface area contributed by atoms with E-state index in [1.165, 1.54) is 116 Å². The van der Waals surface area contributed by atoms with Crippen LogP contribution in [0.4, 0.5) is 0 Å². The summed E-state index contributed by atoms with van der Waals surface area (Å²) in [4.78, 5) is 37.6. The molecule has 0 N–H and O–H groups in total. The van der Waals surface area contributed by atoms with Gasteiger partial charge < -0.3 is 14.2 Å². The van der Waals surface area contributed by atoms with Gasteiger partial charge in [0, 0.05) is 19.3 Å². The fourth-order valence-corrected chi connectivity index (χ4v) is 7.00. The fourth-order valence-electron chi connectivity index (χ4n) is 7.00. The van der Waals surface area contributed by atoms with Crippen LogP contribution in [-0.4, -0.2) is 37.2 Å². The molecule has 0 rings (SSSR count). The van der Waals surface area contributed by atoms with Gasteiger partial charge in [-0.3, -0.25) is 14.4 Å². The van der Waals surface area contributed by atoms with Gasteiger partial charge in [-0.25, -0.2) is 0 Å². The third-order valence-corrected chi connectivity index (χ3v) is 10.8. The van der Waals surface area contributed by atoms with Crippen molar-refractivity contribution in [2.45, 2.75) is 252 Å². The van der Waals surface area contributed by atoms with E-state index in [0.717, 1.165) is 89.9 Å². The van der Waals surface area contributed by atoms with E-state index in [4.69, 9.17) is 14.2 Å². The van der Waals surface area contributed by atoms with Crippen molar-refractivity contribution in [3.05, 3.63) is 60.8 Å². The molecule has 60 heavy (non-hydrogen) atoms. The lowest BCUT2D eigenvalue weighted by Gasteiger charge is -2.18. The number of esters is 3. The summed E-state index contributed by atoms with van der Waals surface area (Å²) in [5.74, 6) is -0.885. The molecule has 0 aliphatic rings. The molecule has 0 heterocycles. The summed E-state index contributed by atoms with van der Waals surface area (Å²) in [6, 6.07) is 0. The topological polar surface area (TPSA) is 78.9 Å². The minimum Gasteiger partial charge on any atom is -0.462 e. The van der Waals surface area contributed by atoms with E-state index in [9.17, 15) is 14.4 Å². The molecular formula is C54H94O6. The van der Waals surface area contributed by atoms with Gasteiger partial charge in [-0.15, -0.1) is 0 Å². The summed E-state index contributed by atoms with van der Waals surface area (Å²) in [5, 5.41) is 0. The van der Waals surface area contributed by atoms with Crippen molar-refractivity contribution < 1.29 is 28.6 Å². The van der Waals surface area contributed by atoms with Crippen LogP contribution in [0.15, 0.2) is 60.8 Å². The number of allylic oxidation sites excluding steroid dienone is 10. The molecule has 6 nitrogen and oxygen atoms in total. The maximum absolute atomic E-state index is 12.6. The van der Waals surface area contributed by atoms with E-state index in [-0.39, 0.29) is 31.1 Å². The summed E-state index contributed by atoms with van der Waals surface area (Å²) in [6.07, 6.45) is 59.6. The first-order chi connectivity index (χ1) is 29.5. The fraction of sp³-hybridized carbons (Fsp3) is 0.759. The maximum atomic E-state index is 12.6. The van der Waals surface area contributed by atoms with Crippen LogP contribution in [-0.2, 0) is 28.6 Å². The Morgan fingerprint density at radius 2 is 0.650 bits per heavy atom. The van der Waals surface area contributed by atoms with Crippen LogP contribution in [0, 0.1) is 0 Å². The van der Waals surface area contributed by atoms with Crippen molar-refractivity contribution in [3.63, 3.8) is 0 Å². The minimum atomic E-state index is -0.766. The summed E-state index contributed by atoms with van der Waals surface area (Å²) >= 11 is 0. The van der Waals surface area contributed by atoms with Crippen molar-refractivity contribution >= 4 is 17.9 Å². The number of unbranched alkanes of at least 4 members (excludes halogenated alkanes) is 24. The number of carbonyl (C=O) groups is 3. The molecule has 0 fully saturated rings. The molecule has 0 saturated heterocycles. The molecule has 0 radical (unpaired) electrons. The van der Waals surface area contributed by atoms with Crippen molar-refractivity contribution in [2.75, 3.05) is 13.2 Å². The molecule has 0 aliphatic heterocycles. The van der Waals surface area contributed by atoms with E-state index in [0.29, 0.717) is 19.3 Å². The number of ether oxygens (including phenoxy) is 3. The quantitative estimate of drug-likeness (QED) is 0.0263. The molecule has 0 aliphatic carbocycles. The van der Waals surface area contributed by atoms with Crippen LogP contribution in [0.25, 0.3) is 0 Å². The van der Waals surface area contributed by atoms with Crippen molar-refractivity contribution in [1.82, 2.24) is 0 Å². The largest absolute Gasteiger partial charge is 0.462 e. The van der Waals surface area contributed by atoms with Gasteiger partial charge in [-0.05, 0) is 64.2 Å². The Balaban J connectivity index is 4.04. The third kappa shape index (κ3) is 46.2. The van der Waals surface area contributed by atoms with Crippen LogP contribution < -0.4 is 0 Å². The molecule has 0 aromatic heterocycles. The average molecular weight is 839 g/mol. The molecule has 346 valence electrons. The van der Waals surface area contributed by atoms with E-state index >= 15 is 0 Å². The molecule has 6 heteroatoms. The second kappa shape index (κ2) is 48.8. The van der Waals surface area contributed by atoms with Gasteiger partial charge in [0.2, 0.25) is 0 Å². The molecule has 0 aromatic carbocycles. The minimum absolute atomic E-state index is 0.0725. The Labute approximate surface area is 370 Å². The zero-order valence-corrected chi connectivity index (χ0v) is 39.5.